The number of piperidine rings is 1. The van der Waals surface area contributed by atoms with Crippen LogP contribution in [0.2, 0.25) is 0 Å². The fraction of sp³-hybridized carbons (Fsp3) is 0.421. The van der Waals surface area contributed by atoms with Crippen LogP contribution in [0.3, 0.4) is 0 Å². The molecule has 2 N–H and O–H groups in total. The van der Waals surface area contributed by atoms with E-state index in [-0.39, 0.29) is 0 Å². The Morgan fingerprint density at radius 1 is 1.25 bits per heavy atom. The van der Waals surface area contributed by atoms with Crippen molar-refractivity contribution < 1.29 is 0 Å². The van der Waals surface area contributed by atoms with Gasteiger partial charge in [-0.1, -0.05) is 0 Å². The Labute approximate surface area is 168 Å². The number of hydrogen-bond donors (Lipinski definition) is 2. The molecule has 2 aliphatic rings. The maximum atomic E-state index is 4.60. The number of fused-ring (bicyclic) bond motifs is 1. The smallest absolute Gasteiger partial charge is 0.180 e. The second kappa shape index (κ2) is 7.23. The molecular weight excluding hydrogens is 372 g/mol. The van der Waals surface area contributed by atoms with Gasteiger partial charge in [-0.05, 0) is 50.4 Å². The van der Waals surface area contributed by atoms with E-state index < -0.39 is 0 Å². The summed E-state index contributed by atoms with van der Waals surface area (Å²) in [6.07, 6.45) is 14.3. The summed E-state index contributed by atoms with van der Waals surface area (Å²) in [6, 6.07) is 0.390. The Hall–Kier alpha value is -2.36. The number of imidazole rings is 1. The van der Waals surface area contributed by atoms with Gasteiger partial charge in [0.1, 0.15) is 0 Å². The Balaban J connectivity index is 1.38. The van der Waals surface area contributed by atoms with Gasteiger partial charge in [0.15, 0.2) is 11.5 Å². The minimum atomic E-state index is 0.390. The second-order valence-corrected chi connectivity index (χ2v) is 8.46. The molecule has 0 saturated carbocycles. The zero-order chi connectivity index (χ0) is 19.1. The van der Waals surface area contributed by atoms with Crippen molar-refractivity contribution in [2.75, 3.05) is 25.5 Å². The molecule has 0 aliphatic carbocycles. The number of nitrogens with zero attached hydrogens (tertiary/aromatic N) is 6. The van der Waals surface area contributed by atoms with Crippen molar-refractivity contribution in [1.82, 2.24) is 33.8 Å². The molecule has 2 aliphatic heterocycles. The summed E-state index contributed by atoms with van der Waals surface area (Å²) in [5, 5.41) is 8.82. The molecule has 0 amide bonds. The summed E-state index contributed by atoms with van der Waals surface area (Å²) >= 11 is 1.65. The maximum Gasteiger partial charge on any atom is 0.180 e. The average Bonchev–Trinajstić information content (AvgIpc) is 3.41. The summed E-state index contributed by atoms with van der Waals surface area (Å²) < 4.78 is 7.41. The highest BCUT2D eigenvalue weighted by Gasteiger charge is 2.28. The molecule has 3 aromatic heterocycles. The first-order valence-electron chi connectivity index (χ1n) is 9.58. The largest absolute Gasteiger partial charge is 0.331 e. The van der Waals surface area contributed by atoms with E-state index in [1.807, 2.05) is 36.2 Å². The predicted molar refractivity (Wildman–Crippen MR) is 112 cm³/mol. The third-order valence-corrected chi connectivity index (χ3v) is 6.32. The van der Waals surface area contributed by atoms with Crippen molar-refractivity contribution in [3.05, 3.63) is 42.1 Å². The molecule has 2 unspecified atom stereocenters. The van der Waals surface area contributed by atoms with Crippen LogP contribution in [0, 0.1) is 5.92 Å². The second-order valence-electron chi connectivity index (χ2n) is 7.58. The molecule has 146 valence electrons. The lowest BCUT2D eigenvalue weighted by Crippen LogP contribution is -2.40. The summed E-state index contributed by atoms with van der Waals surface area (Å²) in [4.78, 5) is 11.6. The molecule has 0 radical (unpaired) electrons. The number of rotatable bonds is 4. The predicted octanol–water partition coefficient (Wildman–Crippen LogP) is 2.34. The molecule has 0 aromatic carbocycles. The Morgan fingerprint density at radius 3 is 3.00 bits per heavy atom. The first kappa shape index (κ1) is 17.7. The number of aromatic nitrogens is 5. The summed E-state index contributed by atoms with van der Waals surface area (Å²) in [7, 11) is 4.12. The first-order chi connectivity index (χ1) is 13.7. The number of nitrogens with one attached hydrogen (secondary N) is 2. The van der Waals surface area contributed by atoms with E-state index in [9.17, 15) is 0 Å². The van der Waals surface area contributed by atoms with Crippen LogP contribution in [0.25, 0.3) is 16.9 Å². The van der Waals surface area contributed by atoms with Gasteiger partial charge >= 0.3 is 0 Å². The van der Waals surface area contributed by atoms with Crippen LogP contribution in [-0.4, -0.2) is 55.2 Å². The molecule has 0 bridgehead atoms. The minimum absolute atomic E-state index is 0.390. The zero-order valence-electron chi connectivity index (χ0n) is 16.0. The monoisotopic (exact) mass is 396 g/mol. The highest BCUT2D eigenvalue weighted by atomic mass is 32.2. The van der Waals surface area contributed by atoms with Gasteiger partial charge in [-0.3, -0.25) is 13.8 Å². The zero-order valence-corrected chi connectivity index (χ0v) is 16.9. The third kappa shape index (κ3) is 3.30. The van der Waals surface area contributed by atoms with Crippen LogP contribution >= 0.6 is 11.9 Å². The lowest BCUT2D eigenvalue weighted by atomic mass is 9.91. The van der Waals surface area contributed by atoms with E-state index in [1.54, 1.807) is 22.8 Å². The minimum Gasteiger partial charge on any atom is -0.331 e. The van der Waals surface area contributed by atoms with Gasteiger partial charge < -0.3 is 10.2 Å². The number of hydrogen-bond acceptors (Lipinski definition) is 7. The lowest BCUT2D eigenvalue weighted by Gasteiger charge is -2.32. The Kier molecular flexibility index (Phi) is 4.58. The molecule has 1 fully saturated rings. The van der Waals surface area contributed by atoms with Gasteiger partial charge in [0.05, 0.1) is 23.1 Å². The molecular formula is C19H24N8S. The highest BCUT2D eigenvalue weighted by Crippen LogP contribution is 2.31. The van der Waals surface area contributed by atoms with Crippen LogP contribution in [-0.2, 0) is 7.05 Å². The van der Waals surface area contributed by atoms with Crippen LogP contribution in [0.1, 0.15) is 12.8 Å². The molecule has 3 aromatic rings. The van der Waals surface area contributed by atoms with Gasteiger partial charge in [-0.25, -0.2) is 9.97 Å². The number of aryl methyl sites for hydroxylation is 1. The van der Waals surface area contributed by atoms with Crippen molar-refractivity contribution in [3.63, 3.8) is 0 Å². The molecule has 5 rings (SSSR count). The number of likely N-dealkylation sites (tertiary alicyclic amines) is 1. The Bertz CT molecular complexity index is 1020. The van der Waals surface area contributed by atoms with Gasteiger partial charge in [0.25, 0.3) is 0 Å². The van der Waals surface area contributed by atoms with Gasteiger partial charge in [-0.15, -0.1) is 0 Å². The van der Waals surface area contributed by atoms with E-state index in [0.29, 0.717) is 12.0 Å². The van der Waals surface area contributed by atoms with E-state index in [2.05, 4.69) is 43.1 Å². The van der Waals surface area contributed by atoms with Crippen molar-refractivity contribution >= 4 is 23.4 Å². The SMILES string of the molecule is CN1CCCC(C2C=C(Nc3nccn4c(-c5cnn(C)c5)cnc34)SN2)C1. The maximum absolute atomic E-state index is 4.60. The molecule has 8 nitrogen and oxygen atoms in total. The molecule has 9 heteroatoms. The van der Waals surface area contributed by atoms with Gasteiger partial charge in [0, 0.05) is 43.8 Å². The lowest BCUT2D eigenvalue weighted by molar-refractivity contribution is 0.196. The fourth-order valence-corrected chi connectivity index (χ4v) is 4.94. The van der Waals surface area contributed by atoms with Crippen LogP contribution in [0.5, 0.6) is 0 Å². The molecule has 2 atom stereocenters. The Morgan fingerprint density at radius 2 is 2.18 bits per heavy atom. The summed E-state index contributed by atoms with van der Waals surface area (Å²) in [5.74, 6) is 1.41. The summed E-state index contributed by atoms with van der Waals surface area (Å²) in [5.41, 5.74) is 2.84. The van der Waals surface area contributed by atoms with E-state index in [0.717, 1.165) is 34.3 Å². The van der Waals surface area contributed by atoms with Crippen molar-refractivity contribution in [1.29, 1.82) is 0 Å². The fourth-order valence-electron chi connectivity index (χ4n) is 4.05. The van der Waals surface area contributed by atoms with Crippen molar-refractivity contribution in [2.24, 2.45) is 13.0 Å². The number of anilines is 1. The standard InChI is InChI=1S/C19H24N8S/c1-25-6-3-4-13(11-25)15-8-17(28-24-15)23-18-19-21-10-16(27(19)7-5-20-18)14-9-22-26(2)12-14/h5,7-10,12-13,15,24H,3-4,6,11H2,1-2H3,(H,20,23). The van der Waals surface area contributed by atoms with Crippen molar-refractivity contribution in [3.8, 4) is 11.3 Å². The van der Waals surface area contributed by atoms with Gasteiger partial charge in [0.2, 0.25) is 0 Å². The first-order valence-corrected chi connectivity index (χ1v) is 10.4. The van der Waals surface area contributed by atoms with Crippen LogP contribution in [0.4, 0.5) is 5.82 Å². The van der Waals surface area contributed by atoms with E-state index >= 15 is 0 Å². The molecule has 1 saturated heterocycles. The van der Waals surface area contributed by atoms with Crippen molar-refractivity contribution in [2.45, 2.75) is 18.9 Å². The normalized spacial score (nSPS) is 23.3. The highest BCUT2D eigenvalue weighted by molar-refractivity contribution is 8.01. The van der Waals surface area contributed by atoms with Crippen LogP contribution < -0.4 is 10.0 Å². The topological polar surface area (TPSA) is 75.3 Å². The summed E-state index contributed by atoms with van der Waals surface area (Å²) in [6.45, 7) is 2.35. The van der Waals surface area contributed by atoms with E-state index in [4.69, 9.17) is 0 Å². The van der Waals surface area contributed by atoms with Crippen LogP contribution in [0.15, 0.2) is 42.1 Å². The quantitative estimate of drug-likeness (QED) is 0.656. The van der Waals surface area contributed by atoms with Gasteiger partial charge in [-0.2, -0.15) is 5.10 Å². The third-order valence-electron chi connectivity index (χ3n) is 5.47. The molecule has 0 spiro atoms. The van der Waals surface area contributed by atoms with E-state index in [1.165, 1.54) is 19.4 Å². The molecule has 5 heterocycles. The molecule has 28 heavy (non-hydrogen) atoms. The average molecular weight is 397 g/mol.